The van der Waals surface area contributed by atoms with Gasteiger partial charge in [0.2, 0.25) is 0 Å². The van der Waals surface area contributed by atoms with Crippen LogP contribution in [0.4, 0.5) is 14.5 Å². The van der Waals surface area contributed by atoms with Crippen molar-refractivity contribution in [3.05, 3.63) is 29.3 Å². The summed E-state index contributed by atoms with van der Waals surface area (Å²) in [5, 5.41) is 3.07. The molecule has 2 rings (SSSR count). The maximum Gasteiger partial charge on any atom is 0.251 e. The molecular formula is C14H18F2N2O. The van der Waals surface area contributed by atoms with E-state index in [4.69, 9.17) is 5.73 Å². The predicted molar refractivity (Wildman–Crippen MR) is 69.9 cm³/mol. The predicted octanol–water partition coefficient (Wildman–Crippen LogP) is 3.05. The standard InChI is InChI=1S/C14H18F2N2O/c1-8-4-2-3-5-12(8)18-13-6-9(14(17)19)10(15)7-11(13)16/h6-8,12,18H,2-5H2,1H3,(H2,17,19). The van der Waals surface area contributed by atoms with Gasteiger partial charge in [-0.15, -0.1) is 0 Å². The number of benzene rings is 1. The third-order valence-electron chi connectivity index (χ3n) is 3.77. The minimum absolute atomic E-state index is 0.147. The number of halogens is 2. The van der Waals surface area contributed by atoms with Crippen molar-refractivity contribution < 1.29 is 13.6 Å². The van der Waals surface area contributed by atoms with Gasteiger partial charge in [-0.2, -0.15) is 0 Å². The third-order valence-corrected chi connectivity index (χ3v) is 3.77. The first-order valence-corrected chi connectivity index (χ1v) is 6.54. The highest BCUT2D eigenvalue weighted by Gasteiger charge is 2.23. The van der Waals surface area contributed by atoms with Crippen LogP contribution >= 0.6 is 0 Å². The topological polar surface area (TPSA) is 55.1 Å². The van der Waals surface area contributed by atoms with Crippen molar-refractivity contribution in [2.45, 2.75) is 38.6 Å². The van der Waals surface area contributed by atoms with Gasteiger partial charge >= 0.3 is 0 Å². The Kier molecular flexibility index (Phi) is 4.02. The molecule has 1 aromatic rings. The molecule has 3 N–H and O–H groups in total. The van der Waals surface area contributed by atoms with Crippen LogP contribution in [0.1, 0.15) is 43.0 Å². The van der Waals surface area contributed by atoms with Gasteiger partial charge in [-0.25, -0.2) is 8.78 Å². The Morgan fingerprint density at radius 2 is 1.95 bits per heavy atom. The largest absolute Gasteiger partial charge is 0.380 e. The lowest BCUT2D eigenvalue weighted by Gasteiger charge is -2.30. The fourth-order valence-corrected chi connectivity index (χ4v) is 2.58. The maximum absolute atomic E-state index is 13.7. The summed E-state index contributed by atoms with van der Waals surface area (Å²) in [6, 6.07) is 2.01. The van der Waals surface area contributed by atoms with Crippen LogP contribution in [0.15, 0.2) is 12.1 Å². The Hall–Kier alpha value is -1.65. The van der Waals surface area contributed by atoms with Gasteiger partial charge in [-0.05, 0) is 24.8 Å². The van der Waals surface area contributed by atoms with Crippen molar-refractivity contribution in [3.63, 3.8) is 0 Å². The van der Waals surface area contributed by atoms with Crippen molar-refractivity contribution in [2.75, 3.05) is 5.32 Å². The molecular weight excluding hydrogens is 250 g/mol. The quantitative estimate of drug-likeness (QED) is 0.885. The fourth-order valence-electron chi connectivity index (χ4n) is 2.58. The number of amides is 1. The molecule has 0 bridgehead atoms. The van der Waals surface area contributed by atoms with Crippen LogP contribution in [0.5, 0.6) is 0 Å². The van der Waals surface area contributed by atoms with Crippen molar-refractivity contribution in [1.82, 2.24) is 0 Å². The Morgan fingerprint density at radius 3 is 2.58 bits per heavy atom. The molecule has 0 spiro atoms. The van der Waals surface area contributed by atoms with Gasteiger partial charge in [0.15, 0.2) is 0 Å². The Balaban J connectivity index is 2.24. The lowest BCUT2D eigenvalue weighted by molar-refractivity contribution is 0.0996. The molecule has 0 aromatic heterocycles. The minimum Gasteiger partial charge on any atom is -0.380 e. The van der Waals surface area contributed by atoms with Crippen molar-refractivity contribution >= 4 is 11.6 Å². The number of hydrogen-bond donors (Lipinski definition) is 2. The molecule has 0 heterocycles. The van der Waals surface area contributed by atoms with E-state index in [0.717, 1.165) is 25.3 Å². The molecule has 2 unspecified atom stereocenters. The summed E-state index contributed by atoms with van der Waals surface area (Å²) in [6.07, 6.45) is 4.30. The zero-order chi connectivity index (χ0) is 14.0. The van der Waals surface area contributed by atoms with Crippen LogP contribution in [0.25, 0.3) is 0 Å². The van der Waals surface area contributed by atoms with Gasteiger partial charge in [0, 0.05) is 12.1 Å². The molecule has 1 amide bonds. The molecule has 5 heteroatoms. The summed E-state index contributed by atoms with van der Waals surface area (Å²) in [4.78, 5) is 11.1. The second-order valence-corrected chi connectivity index (χ2v) is 5.19. The van der Waals surface area contributed by atoms with Crippen molar-refractivity contribution in [2.24, 2.45) is 11.7 Å². The molecule has 19 heavy (non-hydrogen) atoms. The second-order valence-electron chi connectivity index (χ2n) is 5.19. The highest BCUT2D eigenvalue weighted by molar-refractivity contribution is 5.94. The number of anilines is 1. The zero-order valence-corrected chi connectivity index (χ0v) is 10.9. The summed E-state index contributed by atoms with van der Waals surface area (Å²) in [5.41, 5.74) is 4.93. The molecule has 0 radical (unpaired) electrons. The van der Waals surface area contributed by atoms with Gasteiger partial charge in [0.25, 0.3) is 5.91 Å². The fraction of sp³-hybridized carbons (Fsp3) is 0.500. The molecule has 0 saturated heterocycles. The molecule has 0 aliphatic heterocycles. The van der Waals surface area contributed by atoms with Gasteiger partial charge in [-0.3, -0.25) is 4.79 Å². The van der Waals surface area contributed by atoms with Gasteiger partial charge < -0.3 is 11.1 Å². The molecule has 1 aliphatic rings. The van der Waals surface area contributed by atoms with E-state index in [2.05, 4.69) is 12.2 Å². The minimum atomic E-state index is -0.924. The molecule has 104 valence electrons. The van der Waals surface area contributed by atoms with Crippen LogP contribution in [0.2, 0.25) is 0 Å². The second kappa shape index (κ2) is 5.55. The Labute approximate surface area is 111 Å². The Bertz CT molecular complexity index is 491. The van der Waals surface area contributed by atoms with E-state index in [0.29, 0.717) is 12.0 Å². The maximum atomic E-state index is 13.7. The average Bonchev–Trinajstić information content (AvgIpc) is 2.34. The SMILES string of the molecule is CC1CCCCC1Nc1cc(C(N)=O)c(F)cc1F. The molecule has 3 nitrogen and oxygen atoms in total. The first-order valence-electron chi connectivity index (χ1n) is 6.54. The summed E-state index contributed by atoms with van der Waals surface area (Å²) in [6.45, 7) is 2.10. The van der Waals surface area contributed by atoms with Gasteiger partial charge in [0.05, 0.1) is 11.3 Å². The lowest BCUT2D eigenvalue weighted by atomic mass is 9.86. The molecule has 1 aromatic carbocycles. The lowest BCUT2D eigenvalue weighted by Crippen LogP contribution is -2.31. The average molecular weight is 268 g/mol. The van der Waals surface area contributed by atoms with Crippen LogP contribution in [-0.4, -0.2) is 11.9 Å². The summed E-state index contributed by atoms with van der Waals surface area (Å²) in [7, 11) is 0. The van der Waals surface area contributed by atoms with E-state index in [1.54, 1.807) is 0 Å². The van der Waals surface area contributed by atoms with E-state index >= 15 is 0 Å². The highest BCUT2D eigenvalue weighted by Crippen LogP contribution is 2.28. The Morgan fingerprint density at radius 1 is 1.26 bits per heavy atom. The van der Waals surface area contributed by atoms with E-state index in [-0.39, 0.29) is 17.3 Å². The molecule has 1 aliphatic carbocycles. The molecule has 2 atom stereocenters. The smallest absolute Gasteiger partial charge is 0.251 e. The van der Waals surface area contributed by atoms with E-state index in [1.165, 1.54) is 6.42 Å². The number of hydrogen-bond acceptors (Lipinski definition) is 2. The van der Waals surface area contributed by atoms with Gasteiger partial charge in [0.1, 0.15) is 11.6 Å². The number of primary amides is 1. The number of nitrogens with two attached hydrogens (primary N) is 1. The van der Waals surface area contributed by atoms with Crippen LogP contribution in [-0.2, 0) is 0 Å². The highest BCUT2D eigenvalue weighted by atomic mass is 19.1. The monoisotopic (exact) mass is 268 g/mol. The van der Waals surface area contributed by atoms with Crippen molar-refractivity contribution in [3.8, 4) is 0 Å². The normalized spacial score (nSPS) is 23.1. The first kappa shape index (κ1) is 13.8. The number of nitrogens with one attached hydrogen (secondary N) is 1. The molecule has 1 saturated carbocycles. The summed E-state index contributed by atoms with van der Waals surface area (Å²) < 4.78 is 27.1. The van der Waals surface area contributed by atoms with Crippen LogP contribution < -0.4 is 11.1 Å². The van der Waals surface area contributed by atoms with Gasteiger partial charge in [-0.1, -0.05) is 19.8 Å². The third kappa shape index (κ3) is 3.03. The number of carbonyl (C=O) groups excluding carboxylic acids is 1. The number of rotatable bonds is 3. The molecule has 1 fully saturated rings. The van der Waals surface area contributed by atoms with Crippen molar-refractivity contribution in [1.29, 1.82) is 0 Å². The van der Waals surface area contributed by atoms with Crippen LogP contribution in [0.3, 0.4) is 0 Å². The van der Waals surface area contributed by atoms with Crippen LogP contribution in [0, 0.1) is 17.6 Å². The zero-order valence-electron chi connectivity index (χ0n) is 10.9. The van der Waals surface area contributed by atoms with E-state index in [9.17, 15) is 13.6 Å². The van der Waals surface area contributed by atoms with E-state index in [1.807, 2.05) is 0 Å². The van der Waals surface area contributed by atoms with E-state index < -0.39 is 17.5 Å². The summed E-state index contributed by atoms with van der Waals surface area (Å²) >= 11 is 0. The number of carbonyl (C=O) groups is 1. The first-order chi connectivity index (χ1) is 8.99. The summed E-state index contributed by atoms with van der Waals surface area (Å²) in [5.74, 6) is -2.08.